The summed E-state index contributed by atoms with van der Waals surface area (Å²) in [5.41, 5.74) is 2.55. The number of nitrogens with zero attached hydrogens (tertiary/aromatic N) is 2. The fourth-order valence-corrected chi connectivity index (χ4v) is 4.62. The second kappa shape index (κ2) is 10.1. The summed E-state index contributed by atoms with van der Waals surface area (Å²) in [5, 5.41) is 4.08. The van der Waals surface area contributed by atoms with Gasteiger partial charge >= 0.3 is 5.56 Å². The van der Waals surface area contributed by atoms with E-state index < -0.39 is 0 Å². The molecule has 176 valence electrons. The number of ether oxygens (including phenoxy) is 1. The van der Waals surface area contributed by atoms with E-state index in [2.05, 4.69) is 5.32 Å². The zero-order valence-corrected chi connectivity index (χ0v) is 19.9. The van der Waals surface area contributed by atoms with E-state index in [0.717, 1.165) is 10.9 Å². The van der Waals surface area contributed by atoms with E-state index in [1.807, 2.05) is 61.5 Å². The number of amides is 1. The van der Waals surface area contributed by atoms with Crippen molar-refractivity contribution in [3.05, 3.63) is 94.8 Å². The molecule has 0 fully saturated rings. The molecule has 7 nitrogen and oxygen atoms in total. The predicted molar refractivity (Wildman–Crippen MR) is 137 cm³/mol. The first kappa shape index (κ1) is 22.7. The largest absolute Gasteiger partial charge is 0.494 e. The van der Waals surface area contributed by atoms with Gasteiger partial charge in [0.15, 0.2) is 5.16 Å². The predicted octanol–water partition coefficient (Wildman–Crippen LogP) is 4.94. The number of nitrogens with one attached hydrogen (secondary N) is 1. The van der Waals surface area contributed by atoms with Crippen molar-refractivity contribution in [2.75, 3.05) is 12.4 Å². The molecule has 0 aliphatic rings. The number of hydrogen-bond acceptors (Lipinski definition) is 6. The van der Waals surface area contributed by atoms with E-state index in [9.17, 15) is 9.59 Å². The van der Waals surface area contributed by atoms with E-state index in [-0.39, 0.29) is 22.8 Å². The quantitative estimate of drug-likeness (QED) is 0.248. The number of para-hydroxylation sites is 1. The minimum absolute atomic E-state index is 0.109. The van der Waals surface area contributed by atoms with Crippen molar-refractivity contribution in [3.63, 3.8) is 0 Å². The molecule has 0 bridgehead atoms. The highest BCUT2D eigenvalue weighted by Gasteiger charge is 2.19. The number of hydrogen-bond donors (Lipinski definition) is 1. The Hall–Kier alpha value is -4.04. The third kappa shape index (κ3) is 4.79. The third-order valence-electron chi connectivity index (χ3n) is 5.44. The van der Waals surface area contributed by atoms with Gasteiger partial charge in [-0.25, -0.2) is 4.98 Å². The Balaban J connectivity index is 1.50. The lowest BCUT2D eigenvalue weighted by molar-refractivity contribution is -0.118. The molecule has 0 unspecified atom stereocenters. The Morgan fingerprint density at radius 2 is 1.77 bits per heavy atom. The Morgan fingerprint density at radius 3 is 2.54 bits per heavy atom. The Bertz CT molecular complexity index is 1540. The molecule has 0 aliphatic carbocycles. The van der Waals surface area contributed by atoms with E-state index in [4.69, 9.17) is 14.1 Å². The molecule has 5 rings (SSSR count). The first-order valence-corrected chi connectivity index (χ1v) is 12.2. The molecule has 1 N–H and O–H groups in total. The molecular formula is C27H23N3O4S. The van der Waals surface area contributed by atoms with E-state index in [1.165, 1.54) is 16.3 Å². The van der Waals surface area contributed by atoms with Gasteiger partial charge in [-0.2, -0.15) is 0 Å². The summed E-state index contributed by atoms with van der Waals surface area (Å²) in [5.74, 6) is 0.664. The Kier molecular flexibility index (Phi) is 6.54. The number of benzene rings is 3. The number of thioether (sulfide) groups is 1. The van der Waals surface area contributed by atoms with Crippen LogP contribution in [0, 0.1) is 0 Å². The molecule has 3 aromatic carbocycles. The van der Waals surface area contributed by atoms with Crippen LogP contribution in [0.1, 0.15) is 12.5 Å². The van der Waals surface area contributed by atoms with Crippen LogP contribution in [0.25, 0.3) is 27.8 Å². The average molecular weight is 486 g/mol. The minimum atomic E-state index is -0.331. The Morgan fingerprint density at radius 1 is 1.03 bits per heavy atom. The standard InChI is InChI=1S/C27H23N3O4S/c1-2-33-20-14-12-19(13-15-20)30-26(32)25-24(21-10-6-7-11-22(21)34-25)29-27(30)35-17-23(31)28-16-18-8-4-3-5-9-18/h3-15H,2,16-17H2,1H3,(H,28,31). The molecule has 0 aliphatic heterocycles. The van der Waals surface area contributed by atoms with Crippen molar-refractivity contribution in [1.29, 1.82) is 0 Å². The van der Waals surface area contributed by atoms with Crippen LogP contribution >= 0.6 is 11.8 Å². The van der Waals surface area contributed by atoms with Gasteiger partial charge in [-0.05, 0) is 48.9 Å². The van der Waals surface area contributed by atoms with Crippen LogP contribution in [0.3, 0.4) is 0 Å². The van der Waals surface area contributed by atoms with Crippen LogP contribution < -0.4 is 15.6 Å². The van der Waals surface area contributed by atoms with Crippen LogP contribution in [0.5, 0.6) is 5.75 Å². The molecule has 0 spiro atoms. The van der Waals surface area contributed by atoms with Crippen molar-refractivity contribution in [2.24, 2.45) is 0 Å². The number of carbonyl (C=O) groups is 1. The molecule has 5 aromatic rings. The molecule has 0 atom stereocenters. The van der Waals surface area contributed by atoms with E-state index >= 15 is 0 Å². The number of aromatic nitrogens is 2. The van der Waals surface area contributed by atoms with Crippen LogP contribution in [0.2, 0.25) is 0 Å². The molecule has 0 radical (unpaired) electrons. The van der Waals surface area contributed by atoms with Gasteiger partial charge in [0.25, 0.3) is 0 Å². The molecule has 1 amide bonds. The lowest BCUT2D eigenvalue weighted by atomic mass is 10.2. The van der Waals surface area contributed by atoms with Gasteiger partial charge in [0, 0.05) is 11.9 Å². The second-order valence-electron chi connectivity index (χ2n) is 7.79. The topological polar surface area (TPSA) is 86.4 Å². The molecule has 8 heteroatoms. The maximum absolute atomic E-state index is 13.6. The summed E-state index contributed by atoms with van der Waals surface area (Å²) in [6.45, 7) is 2.89. The maximum atomic E-state index is 13.6. The Labute approximate surface area is 205 Å². The van der Waals surface area contributed by atoms with Gasteiger partial charge in [-0.3, -0.25) is 14.2 Å². The van der Waals surface area contributed by atoms with Crippen molar-refractivity contribution >= 4 is 39.7 Å². The first-order chi connectivity index (χ1) is 17.1. The maximum Gasteiger partial charge on any atom is 0.302 e. The molecular weight excluding hydrogens is 462 g/mol. The molecule has 2 aromatic heterocycles. The fraction of sp³-hybridized carbons (Fsp3) is 0.148. The van der Waals surface area contributed by atoms with Crippen LogP contribution in [-0.4, -0.2) is 27.8 Å². The summed E-state index contributed by atoms with van der Waals surface area (Å²) < 4.78 is 12.9. The second-order valence-corrected chi connectivity index (χ2v) is 8.73. The molecule has 2 heterocycles. The van der Waals surface area contributed by atoms with Gasteiger partial charge in [-0.15, -0.1) is 0 Å². The van der Waals surface area contributed by atoms with Crippen molar-refractivity contribution < 1.29 is 13.9 Å². The van der Waals surface area contributed by atoms with Gasteiger partial charge in [0.2, 0.25) is 11.5 Å². The van der Waals surface area contributed by atoms with Crippen molar-refractivity contribution in [1.82, 2.24) is 14.9 Å². The highest BCUT2D eigenvalue weighted by Crippen LogP contribution is 2.29. The zero-order valence-electron chi connectivity index (χ0n) is 19.1. The lowest BCUT2D eigenvalue weighted by Gasteiger charge is -2.12. The summed E-state index contributed by atoms with van der Waals surface area (Å²) in [7, 11) is 0. The number of fused-ring (bicyclic) bond motifs is 3. The number of furan rings is 1. The van der Waals surface area contributed by atoms with E-state index in [0.29, 0.717) is 40.8 Å². The summed E-state index contributed by atoms with van der Waals surface area (Å²) in [6.07, 6.45) is 0. The highest BCUT2D eigenvalue weighted by atomic mass is 32.2. The highest BCUT2D eigenvalue weighted by molar-refractivity contribution is 7.99. The average Bonchev–Trinajstić information content (AvgIpc) is 3.27. The number of carbonyl (C=O) groups excluding carboxylic acids is 1. The smallest absolute Gasteiger partial charge is 0.302 e. The summed E-state index contributed by atoms with van der Waals surface area (Å²) >= 11 is 1.21. The first-order valence-electron chi connectivity index (χ1n) is 11.2. The van der Waals surface area contributed by atoms with Gasteiger partial charge in [0.05, 0.1) is 18.0 Å². The SMILES string of the molecule is CCOc1ccc(-n2c(SCC(=O)NCc3ccccc3)nc3c(oc4ccccc43)c2=O)cc1. The molecule has 0 saturated heterocycles. The lowest BCUT2D eigenvalue weighted by Crippen LogP contribution is -2.26. The molecule has 0 saturated carbocycles. The molecule has 35 heavy (non-hydrogen) atoms. The third-order valence-corrected chi connectivity index (χ3v) is 6.37. The summed E-state index contributed by atoms with van der Waals surface area (Å²) in [4.78, 5) is 30.9. The van der Waals surface area contributed by atoms with Crippen LogP contribution in [0.15, 0.2) is 93.2 Å². The number of rotatable bonds is 8. The van der Waals surface area contributed by atoms with E-state index in [1.54, 1.807) is 24.3 Å². The van der Waals surface area contributed by atoms with Crippen molar-refractivity contribution in [3.8, 4) is 11.4 Å². The monoisotopic (exact) mass is 485 g/mol. The summed E-state index contributed by atoms with van der Waals surface area (Å²) in [6, 6.07) is 24.3. The van der Waals surface area contributed by atoms with Crippen LogP contribution in [0.4, 0.5) is 0 Å². The normalized spacial score (nSPS) is 11.1. The van der Waals surface area contributed by atoms with Crippen LogP contribution in [-0.2, 0) is 11.3 Å². The zero-order chi connectivity index (χ0) is 24.2. The van der Waals surface area contributed by atoms with Gasteiger partial charge in [-0.1, -0.05) is 54.2 Å². The fourth-order valence-electron chi connectivity index (χ4n) is 3.78. The van der Waals surface area contributed by atoms with Gasteiger partial charge < -0.3 is 14.5 Å². The minimum Gasteiger partial charge on any atom is -0.494 e. The van der Waals surface area contributed by atoms with Crippen molar-refractivity contribution in [2.45, 2.75) is 18.6 Å². The van der Waals surface area contributed by atoms with Gasteiger partial charge in [0.1, 0.15) is 16.8 Å².